The Kier molecular flexibility index (Phi) is 3.63. The van der Waals surface area contributed by atoms with Crippen molar-refractivity contribution in [1.82, 2.24) is 0 Å². The van der Waals surface area contributed by atoms with Crippen LogP contribution >= 0.6 is 0 Å². The predicted molar refractivity (Wildman–Crippen MR) is 82.1 cm³/mol. The van der Waals surface area contributed by atoms with E-state index in [1.165, 1.54) is 11.1 Å². The van der Waals surface area contributed by atoms with Crippen molar-refractivity contribution in [2.24, 2.45) is 5.92 Å². The van der Waals surface area contributed by atoms with Crippen molar-refractivity contribution in [3.8, 4) is 0 Å². The van der Waals surface area contributed by atoms with E-state index in [4.69, 9.17) is 9.47 Å². The van der Waals surface area contributed by atoms with Gasteiger partial charge in [0.15, 0.2) is 0 Å². The van der Waals surface area contributed by atoms with Crippen molar-refractivity contribution in [3.63, 3.8) is 0 Å². The molecule has 1 aliphatic heterocycles. The maximum atomic E-state index is 10.7. The van der Waals surface area contributed by atoms with Gasteiger partial charge in [0, 0.05) is 0 Å². The average Bonchev–Trinajstić information content (AvgIpc) is 3.15. The Balaban J connectivity index is 1.73. The molecule has 2 aliphatic rings. The van der Waals surface area contributed by atoms with Crippen molar-refractivity contribution in [3.05, 3.63) is 35.4 Å². The molecule has 3 nitrogen and oxygen atoms in total. The molecule has 1 N–H and O–H groups in total. The Hall–Kier alpha value is -0.900. The van der Waals surface area contributed by atoms with E-state index in [1.54, 1.807) is 0 Å². The number of benzene rings is 1. The van der Waals surface area contributed by atoms with Crippen LogP contribution in [0.5, 0.6) is 0 Å². The molecular weight excluding hydrogens is 264 g/mol. The fourth-order valence-corrected chi connectivity index (χ4v) is 3.61. The lowest BCUT2D eigenvalue weighted by Gasteiger charge is -2.38. The monoisotopic (exact) mass is 290 g/mol. The third-order valence-corrected chi connectivity index (χ3v) is 5.34. The molecule has 1 saturated carbocycles. The minimum atomic E-state index is -0.803. The third kappa shape index (κ3) is 2.52. The summed E-state index contributed by atoms with van der Waals surface area (Å²) in [7, 11) is 0. The summed E-state index contributed by atoms with van der Waals surface area (Å²) in [5.41, 5.74) is 1.52. The summed E-state index contributed by atoms with van der Waals surface area (Å²) in [6.45, 7) is 8.88. The van der Waals surface area contributed by atoms with Crippen LogP contribution < -0.4 is 0 Å². The van der Waals surface area contributed by atoms with Crippen molar-refractivity contribution in [2.45, 2.75) is 70.6 Å². The molecule has 4 atom stereocenters. The minimum absolute atomic E-state index is 0.0327. The summed E-state index contributed by atoms with van der Waals surface area (Å²) in [4.78, 5) is 0. The molecule has 0 aromatic heterocycles. The Morgan fingerprint density at radius 1 is 1.33 bits per heavy atom. The fraction of sp³-hybridized carbons (Fsp3) is 0.667. The van der Waals surface area contributed by atoms with Gasteiger partial charge in [-0.05, 0) is 43.7 Å². The van der Waals surface area contributed by atoms with Crippen LogP contribution in [0.15, 0.2) is 24.3 Å². The Bertz CT molecular complexity index is 523. The van der Waals surface area contributed by atoms with Crippen molar-refractivity contribution >= 4 is 0 Å². The van der Waals surface area contributed by atoms with Gasteiger partial charge < -0.3 is 14.6 Å². The van der Waals surface area contributed by atoms with Gasteiger partial charge in [-0.3, -0.25) is 0 Å². The summed E-state index contributed by atoms with van der Waals surface area (Å²) >= 11 is 0. The number of epoxide rings is 1. The Morgan fingerprint density at radius 3 is 2.71 bits per heavy atom. The first-order chi connectivity index (χ1) is 9.87. The third-order valence-electron chi connectivity index (χ3n) is 5.34. The van der Waals surface area contributed by atoms with Crippen LogP contribution in [0, 0.1) is 12.8 Å². The largest absolute Gasteiger partial charge is 0.387 e. The molecule has 1 aliphatic carbocycles. The van der Waals surface area contributed by atoms with E-state index >= 15 is 0 Å². The summed E-state index contributed by atoms with van der Waals surface area (Å²) in [5.74, 6) is 0.461. The predicted octanol–water partition coefficient (Wildman–Crippen LogP) is 3.22. The number of rotatable bonds is 4. The maximum absolute atomic E-state index is 10.7. The van der Waals surface area contributed by atoms with E-state index < -0.39 is 5.60 Å². The highest BCUT2D eigenvalue weighted by atomic mass is 16.6. The molecule has 1 aromatic rings. The van der Waals surface area contributed by atoms with Gasteiger partial charge in [0.2, 0.25) is 0 Å². The number of aryl methyl sites for hydroxylation is 1. The van der Waals surface area contributed by atoms with Gasteiger partial charge in [-0.1, -0.05) is 38.1 Å². The van der Waals surface area contributed by atoms with Gasteiger partial charge in [-0.15, -0.1) is 0 Å². The zero-order valence-corrected chi connectivity index (χ0v) is 13.4. The molecule has 0 spiro atoms. The quantitative estimate of drug-likeness (QED) is 0.866. The van der Waals surface area contributed by atoms with Crippen LogP contribution in [0.3, 0.4) is 0 Å². The van der Waals surface area contributed by atoms with Gasteiger partial charge >= 0.3 is 0 Å². The first kappa shape index (κ1) is 15.0. The summed E-state index contributed by atoms with van der Waals surface area (Å²) < 4.78 is 12.1. The standard InChI is InChI=1S/C18H26O3/c1-12(2)18-10-9-17(4,19)15(16(18)21-18)20-11-14-8-6-5-7-13(14)3/h5-8,12,15-16,19H,9-11H2,1-4H3/t15-,16-,17+,18-/m1/s1. The SMILES string of the molecule is Cc1ccccc1CO[C@@H]1[C@H]2O[C@@]2(C(C)C)CC[C@]1(C)O. The van der Waals surface area contributed by atoms with E-state index in [9.17, 15) is 5.11 Å². The molecule has 0 radical (unpaired) electrons. The van der Waals surface area contributed by atoms with Crippen LogP contribution in [-0.4, -0.2) is 28.5 Å². The number of ether oxygens (including phenoxy) is 2. The molecular formula is C18H26O3. The van der Waals surface area contributed by atoms with Crippen molar-refractivity contribution in [1.29, 1.82) is 0 Å². The number of hydrogen-bond donors (Lipinski definition) is 1. The van der Waals surface area contributed by atoms with Gasteiger partial charge in [-0.2, -0.15) is 0 Å². The highest BCUT2D eigenvalue weighted by Crippen LogP contribution is 2.55. The second-order valence-electron chi connectivity index (χ2n) is 7.16. The fourth-order valence-electron chi connectivity index (χ4n) is 3.61. The lowest BCUT2D eigenvalue weighted by molar-refractivity contribution is -0.127. The summed E-state index contributed by atoms with van der Waals surface area (Å²) in [6.07, 6.45) is 1.45. The van der Waals surface area contributed by atoms with Crippen molar-refractivity contribution < 1.29 is 14.6 Å². The number of fused-ring (bicyclic) bond motifs is 1. The molecule has 21 heavy (non-hydrogen) atoms. The van der Waals surface area contributed by atoms with E-state index in [0.717, 1.165) is 12.8 Å². The normalized spacial score (nSPS) is 38.4. The van der Waals surface area contributed by atoms with Crippen LogP contribution in [-0.2, 0) is 16.1 Å². The zero-order chi connectivity index (χ0) is 15.3. The maximum Gasteiger partial charge on any atom is 0.117 e. The van der Waals surface area contributed by atoms with Gasteiger partial charge in [0.05, 0.1) is 17.8 Å². The van der Waals surface area contributed by atoms with Gasteiger partial charge in [0.25, 0.3) is 0 Å². The second-order valence-corrected chi connectivity index (χ2v) is 7.16. The zero-order valence-electron chi connectivity index (χ0n) is 13.4. The van der Waals surface area contributed by atoms with E-state index in [1.807, 2.05) is 19.1 Å². The summed E-state index contributed by atoms with van der Waals surface area (Å²) in [5, 5.41) is 10.7. The first-order valence-electron chi connectivity index (χ1n) is 7.93. The first-order valence-corrected chi connectivity index (χ1v) is 7.93. The van der Waals surface area contributed by atoms with Gasteiger partial charge in [0.1, 0.15) is 12.2 Å². The molecule has 1 heterocycles. The smallest absolute Gasteiger partial charge is 0.117 e. The van der Waals surface area contributed by atoms with Crippen molar-refractivity contribution in [2.75, 3.05) is 0 Å². The van der Waals surface area contributed by atoms with Crippen LogP contribution in [0.25, 0.3) is 0 Å². The molecule has 0 unspecified atom stereocenters. The number of aliphatic hydroxyl groups is 1. The van der Waals surface area contributed by atoms with Crippen LogP contribution in [0.4, 0.5) is 0 Å². The van der Waals surface area contributed by atoms with Crippen LogP contribution in [0.1, 0.15) is 44.7 Å². The molecule has 1 saturated heterocycles. The Morgan fingerprint density at radius 2 is 2.05 bits per heavy atom. The molecule has 0 amide bonds. The second kappa shape index (κ2) is 5.08. The highest BCUT2D eigenvalue weighted by Gasteiger charge is 2.68. The van der Waals surface area contributed by atoms with Crippen LogP contribution in [0.2, 0.25) is 0 Å². The van der Waals surface area contributed by atoms with E-state index in [0.29, 0.717) is 12.5 Å². The average molecular weight is 290 g/mol. The summed E-state index contributed by atoms with van der Waals surface area (Å²) in [6, 6.07) is 8.22. The topological polar surface area (TPSA) is 42.0 Å². The molecule has 0 bridgehead atoms. The molecule has 3 rings (SSSR count). The highest BCUT2D eigenvalue weighted by molar-refractivity contribution is 5.25. The van der Waals surface area contributed by atoms with E-state index in [2.05, 4.69) is 32.9 Å². The molecule has 1 aromatic carbocycles. The van der Waals surface area contributed by atoms with E-state index in [-0.39, 0.29) is 17.8 Å². The Labute approximate surface area is 127 Å². The lowest BCUT2D eigenvalue weighted by atomic mass is 9.73. The van der Waals surface area contributed by atoms with Gasteiger partial charge in [-0.25, -0.2) is 0 Å². The minimum Gasteiger partial charge on any atom is -0.387 e. The molecule has 116 valence electrons. The lowest BCUT2D eigenvalue weighted by Crippen LogP contribution is -2.52. The molecule has 2 fully saturated rings. The molecule has 3 heteroatoms. The number of hydrogen-bond acceptors (Lipinski definition) is 3.